The van der Waals surface area contributed by atoms with Crippen LogP contribution in [-0.2, 0) is 0 Å². The maximum Gasteiger partial charge on any atom is 0.254 e. The first kappa shape index (κ1) is 15.8. The molecule has 1 fully saturated rings. The summed E-state index contributed by atoms with van der Waals surface area (Å²) in [5.41, 5.74) is 0.726. The molecule has 1 heterocycles. The lowest BCUT2D eigenvalue weighted by Crippen LogP contribution is -2.42. The van der Waals surface area contributed by atoms with Crippen molar-refractivity contribution in [3.8, 4) is 0 Å². The number of hydrogen-bond donors (Lipinski definition) is 1. The van der Waals surface area contributed by atoms with Gasteiger partial charge in [-0.1, -0.05) is 26.7 Å². The second-order valence-electron chi connectivity index (χ2n) is 6.10. The van der Waals surface area contributed by atoms with Crippen LogP contribution in [0.5, 0.6) is 0 Å². The van der Waals surface area contributed by atoms with E-state index < -0.39 is 0 Å². The first-order valence-corrected chi connectivity index (χ1v) is 8.10. The molecule has 0 saturated heterocycles. The van der Waals surface area contributed by atoms with Gasteiger partial charge in [0.15, 0.2) is 0 Å². The zero-order valence-corrected chi connectivity index (χ0v) is 13.4. The van der Waals surface area contributed by atoms with Crippen LogP contribution in [0.4, 0.5) is 5.82 Å². The van der Waals surface area contributed by atoms with Gasteiger partial charge in [0.2, 0.25) is 0 Å². The molecule has 1 aliphatic carbocycles. The molecule has 0 radical (unpaired) electrons. The molecule has 4 heteroatoms. The summed E-state index contributed by atoms with van der Waals surface area (Å²) >= 11 is 0. The Morgan fingerprint density at radius 3 is 2.90 bits per heavy atom. The Kier molecular flexibility index (Phi) is 5.59. The molecular formula is C17H27N3O. The van der Waals surface area contributed by atoms with E-state index in [1.165, 1.54) is 19.3 Å². The fourth-order valence-corrected chi connectivity index (χ4v) is 3.14. The molecule has 1 aliphatic rings. The highest BCUT2D eigenvalue weighted by molar-refractivity contribution is 5.94. The van der Waals surface area contributed by atoms with Crippen LogP contribution in [0.3, 0.4) is 0 Å². The molecule has 0 spiro atoms. The lowest BCUT2D eigenvalue weighted by Gasteiger charge is -2.36. The van der Waals surface area contributed by atoms with E-state index in [9.17, 15) is 4.79 Å². The van der Waals surface area contributed by atoms with Gasteiger partial charge in [0.25, 0.3) is 5.91 Å². The van der Waals surface area contributed by atoms with Crippen molar-refractivity contribution in [1.82, 2.24) is 9.88 Å². The largest absolute Gasteiger partial charge is 0.370 e. The van der Waals surface area contributed by atoms with Gasteiger partial charge in [-0.2, -0.15) is 0 Å². The van der Waals surface area contributed by atoms with Crippen molar-refractivity contribution in [2.75, 3.05) is 18.9 Å². The van der Waals surface area contributed by atoms with Gasteiger partial charge in [-0.05, 0) is 37.3 Å². The number of carbonyl (C=O) groups is 1. The Morgan fingerprint density at radius 2 is 2.19 bits per heavy atom. The maximum atomic E-state index is 12.7. The third kappa shape index (κ3) is 3.96. The average Bonchev–Trinajstić information content (AvgIpc) is 2.52. The van der Waals surface area contributed by atoms with Crippen LogP contribution in [0.15, 0.2) is 18.3 Å². The Morgan fingerprint density at radius 1 is 1.43 bits per heavy atom. The summed E-state index contributed by atoms with van der Waals surface area (Å²) in [7, 11) is 1.94. The van der Waals surface area contributed by atoms with Crippen LogP contribution >= 0.6 is 0 Å². The second-order valence-corrected chi connectivity index (χ2v) is 6.10. The normalized spacial score (nSPS) is 21.9. The van der Waals surface area contributed by atoms with Crippen molar-refractivity contribution in [2.24, 2.45) is 5.92 Å². The average molecular weight is 289 g/mol. The minimum atomic E-state index is 0.107. The topological polar surface area (TPSA) is 45.2 Å². The number of carbonyl (C=O) groups excluding carboxylic acids is 1. The molecule has 1 amide bonds. The molecule has 2 unspecified atom stereocenters. The summed E-state index contributed by atoms with van der Waals surface area (Å²) in [5.74, 6) is 1.48. The van der Waals surface area contributed by atoms with E-state index in [-0.39, 0.29) is 5.91 Å². The summed E-state index contributed by atoms with van der Waals surface area (Å²) in [6.45, 7) is 5.24. The van der Waals surface area contributed by atoms with E-state index in [0.29, 0.717) is 12.0 Å². The van der Waals surface area contributed by atoms with Gasteiger partial charge in [-0.15, -0.1) is 0 Å². The minimum Gasteiger partial charge on any atom is -0.370 e. The quantitative estimate of drug-likeness (QED) is 0.901. The molecule has 0 aromatic carbocycles. The van der Waals surface area contributed by atoms with Crippen LogP contribution in [0.25, 0.3) is 0 Å². The summed E-state index contributed by atoms with van der Waals surface area (Å²) in [6, 6.07) is 4.04. The van der Waals surface area contributed by atoms with Gasteiger partial charge in [0, 0.05) is 31.4 Å². The zero-order valence-electron chi connectivity index (χ0n) is 13.4. The lowest BCUT2D eigenvalue weighted by atomic mass is 9.85. The van der Waals surface area contributed by atoms with Crippen LogP contribution in [-0.4, -0.2) is 35.4 Å². The molecular weight excluding hydrogens is 262 g/mol. The van der Waals surface area contributed by atoms with Crippen LogP contribution in [0.1, 0.15) is 56.3 Å². The Hall–Kier alpha value is -1.58. The Balaban J connectivity index is 2.07. The SMILES string of the molecule is CCCNc1cc(C(=O)N(C)C2CCCCC2C)ccn1. The van der Waals surface area contributed by atoms with E-state index in [4.69, 9.17) is 0 Å². The molecule has 116 valence electrons. The summed E-state index contributed by atoms with van der Waals surface area (Å²) < 4.78 is 0. The lowest BCUT2D eigenvalue weighted by molar-refractivity contribution is 0.0629. The van der Waals surface area contributed by atoms with Gasteiger partial charge in [-0.3, -0.25) is 4.79 Å². The van der Waals surface area contributed by atoms with Crippen molar-refractivity contribution < 1.29 is 4.79 Å². The highest BCUT2D eigenvalue weighted by atomic mass is 16.2. The van der Waals surface area contributed by atoms with E-state index in [2.05, 4.69) is 24.1 Å². The fraction of sp³-hybridized carbons (Fsp3) is 0.647. The molecule has 2 rings (SSSR count). The summed E-state index contributed by atoms with van der Waals surface area (Å²) in [5, 5.41) is 3.23. The highest BCUT2D eigenvalue weighted by Crippen LogP contribution is 2.28. The second kappa shape index (κ2) is 7.43. The predicted octanol–water partition coefficient (Wildman–Crippen LogP) is 3.55. The number of nitrogens with zero attached hydrogens (tertiary/aromatic N) is 2. The van der Waals surface area contributed by atoms with Crippen molar-refractivity contribution >= 4 is 11.7 Å². The van der Waals surface area contributed by atoms with E-state index in [1.54, 1.807) is 6.20 Å². The smallest absolute Gasteiger partial charge is 0.254 e. The number of amides is 1. The first-order valence-electron chi connectivity index (χ1n) is 8.10. The molecule has 4 nitrogen and oxygen atoms in total. The number of pyridine rings is 1. The molecule has 2 atom stereocenters. The third-order valence-corrected chi connectivity index (χ3v) is 4.45. The van der Waals surface area contributed by atoms with Gasteiger partial charge in [-0.25, -0.2) is 4.98 Å². The molecule has 1 N–H and O–H groups in total. The molecule has 1 saturated carbocycles. The minimum absolute atomic E-state index is 0.107. The number of rotatable bonds is 5. The van der Waals surface area contributed by atoms with Gasteiger partial charge < -0.3 is 10.2 Å². The summed E-state index contributed by atoms with van der Waals surface area (Å²) in [6.07, 6.45) is 7.62. The molecule has 21 heavy (non-hydrogen) atoms. The van der Waals surface area contributed by atoms with Crippen molar-refractivity contribution in [3.05, 3.63) is 23.9 Å². The Labute approximate surface area is 127 Å². The van der Waals surface area contributed by atoms with E-state index >= 15 is 0 Å². The first-order chi connectivity index (χ1) is 10.1. The van der Waals surface area contributed by atoms with Gasteiger partial charge >= 0.3 is 0 Å². The van der Waals surface area contributed by atoms with Crippen LogP contribution in [0, 0.1) is 5.92 Å². The van der Waals surface area contributed by atoms with E-state index in [0.717, 1.165) is 30.8 Å². The molecule has 0 aliphatic heterocycles. The van der Waals surface area contributed by atoms with Crippen molar-refractivity contribution in [1.29, 1.82) is 0 Å². The number of nitrogens with one attached hydrogen (secondary N) is 1. The monoisotopic (exact) mass is 289 g/mol. The van der Waals surface area contributed by atoms with Crippen molar-refractivity contribution in [3.63, 3.8) is 0 Å². The zero-order chi connectivity index (χ0) is 15.2. The van der Waals surface area contributed by atoms with Crippen molar-refractivity contribution in [2.45, 2.75) is 52.0 Å². The van der Waals surface area contributed by atoms with E-state index in [1.807, 2.05) is 24.1 Å². The predicted molar refractivity (Wildman–Crippen MR) is 86.5 cm³/mol. The molecule has 1 aromatic rings. The maximum absolute atomic E-state index is 12.7. The summed E-state index contributed by atoms with van der Waals surface area (Å²) in [4.78, 5) is 18.9. The number of hydrogen-bond acceptors (Lipinski definition) is 3. The molecule has 0 bridgehead atoms. The van der Waals surface area contributed by atoms with Crippen LogP contribution in [0.2, 0.25) is 0 Å². The fourth-order valence-electron chi connectivity index (χ4n) is 3.14. The third-order valence-electron chi connectivity index (χ3n) is 4.45. The number of aromatic nitrogens is 1. The van der Waals surface area contributed by atoms with Gasteiger partial charge in [0.1, 0.15) is 5.82 Å². The van der Waals surface area contributed by atoms with Gasteiger partial charge in [0.05, 0.1) is 0 Å². The van der Waals surface area contributed by atoms with Crippen LogP contribution < -0.4 is 5.32 Å². The standard InChI is InChI=1S/C17H27N3O/c1-4-10-18-16-12-14(9-11-19-16)17(21)20(3)15-8-6-5-7-13(15)2/h9,11-13,15H,4-8,10H2,1-3H3,(H,18,19). The highest BCUT2D eigenvalue weighted by Gasteiger charge is 2.28. The molecule has 1 aromatic heterocycles. The number of anilines is 1. The Bertz CT molecular complexity index is 475.